The van der Waals surface area contributed by atoms with Gasteiger partial charge in [0, 0.05) is 23.5 Å². The molecule has 2 amide bonds. The molecule has 0 aliphatic carbocycles. The molecular weight excluding hydrogens is 332 g/mol. The molecule has 116 valence electrons. The number of hydrogen-bond acceptors (Lipinski definition) is 2. The van der Waals surface area contributed by atoms with Crippen LogP contribution in [0.1, 0.15) is 32.8 Å². The third-order valence-corrected chi connectivity index (χ3v) is 3.53. The molecule has 1 aromatic rings. The summed E-state index contributed by atoms with van der Waals surface area (Å²) in [6.07, 6.45) is 1.10. The van der Waals surface area contributed by atoms with Crippen molar-refractivity contribution in [3.63, 3.8) is 0 Å². The van der Waals surface area contributed by atoms with E-state index in [1.807, 2.05) is 45.0 Å². The highest BCUT2D eigenvalue weighted by molar-refractivity contribution is 9.10. The van der Waals surface area contributed by atoms with Gasteiger partial charge in [-0.1, -0.05) is 28.1 Å². The summed E-state index contributed by atoms with van der Waals surface area (Å²) in [5.74, 6) is -0.0981. The molecule has 4 nitrogen and oxygen atoms in total. The number of benzene rings is 1. The van der Waals surface area contributed by atoms with Gasteiger partial charge in [-0.25, -0.2) is 0 Å². The third kappa shape index (κ3) is 6.76. The van der Waals surface area contributed by atoms with E-state index in [1.54, 1.807) is 4.90 Å². The lowest BCUT2D eigenvalue weighted by molar-refractivity contribution is -0.136. The van der Waals surface area contributed by atoms with Crippen molar-refractivity contribution in [1.82, 2.24) is 10.2 Å². The molecule has 0 atom stereocenters. The van der Waals surface area contributed by atoms with E-state index in [9.17, 15) is 9.59 Å². The summed E-state index contributed by atoms with van der Waals surface area (Å²) in [4.78, 5) is 25.5. The van der Waals surface area contributed by atoms with Gasteiger partial charge in [-0.05, 0) is 44.9 Å². The molecule has 1 N–H and O–H groups in total. The van der Waals surface area contributed by atoms with Gasteiger partial charge in [0.05, 0.1) is 6.54 Å². The number of hydrogen-bond donors (Lipinski definition) is 1. The van der Waals surface area contributed by atoms with E-state index in [0.717, 1.165) is 10.0 Å². The van der Waals surface area contributed by atoms with Crippen molar-refractivity contribution in [2.24, 2.45) is 0 Å². The number of carbonyl (C=O) groups is 2. The van der Waals surface area contributed by atoms with Gasteiger partial charge in [0.25, 0.3) is 0 Å². The van der Waals surface area contributed by atoms with Crippen molar-refractivity contribution in [2.45, 2.75) is 39.7 Å². The normalized spacial score (nSPS) is 10.5. The van der Waals surface area contributed by atoms with Gasteiger partial charge in [0.2, 0.25) is 11.8 Å². The lowest BCUT2D eigenvalue weighted by Crippen LogP contribution is -2.42. The summed E-state index contributed by atoms with van der Waals surface area (Å²) in [5.41, 5.74) is 1.11. The van der Waals surface area contributed by atoms with E-state index in [-0.39, 0.29) is 24.4 Å². The highest BCUT2D eigenvalue weighted by atomic mass is 79.9. The van der Waals surface area contributed by atoms with Crippen molar-refractivity contribution >= 4 is 27.7 Å². The van der Waals surface area contributed by atoms with Crippen LogP contribution in [0.5, 0.6) is 0 Å². The van der Waals surface area contributed by atoms with Crippen molar-refractivity contribution in [2.75, 3.05) is 13.1 Å². The van der Waals surface area contributed by atoms with Crippen LogP contribution in [0.15, 0.2) is 28.7 Å². The van der Waals surface area contributed by atoms with Gasteiger partial charge >= 0.3 is 0 Å². The fraction of sp³-hybridized carbons (Fsp3) is 0.500. The second-order valence-corrected chi connectivity index (χ2v) is 6.18. The average Bonchev–Trinajstić information content (AvgIpc) is 2.41. The molecular formula is C16H23BrN2O2. The number of carbonyl (C=O) groups excluding carboxylic acids is 2. The smallest absolute Gasteiger partial charge is 0.239 e. The van der Waals surface area contributed by atoms with Crippen LogP contribution < -0.4 is 5.32 Å². The van der Waals surface area contributed by atoms with E-state index in [0.29, 0.717) is 19.4 Å². The Morgan fingerprint density at radius 1 is 1.33 bits per heavy atom. The predicted molar refractivity (Wildman–Crippen MR) is 88.0 cm³/mol. The van der Waals surface area contributed by atoms with Gasteiger partial charge in [0.15, 0.2) is 0 Å². The minimum absolute atomic E-state index is 0.0105. The van der Waals surface area contributed by atoms with Gasteiger partial charge in [0.1, 0.15) is 0 Å². The second-order valence-electron chi connectivity index (χ2n) is 5.26. The standard InChI is InChI=1S/C16H23BrN2O2/c1-4-19(11-15(20)18-12(2)3)16(21)9-8-13-6-5-7-14(17)10-13/h5-7,10,12H,4,8-9,11H2,1-3H3,(H,18,20). The first-order chi connectivity index (χ1) is 9.92. The van der Waals surface area contributed by atoms with Crippen LogP contribution in [0.4, 0.5) is 0 Å². The molecule has 0 saturated heterocycles. The van der Waals surface area contributed by atoms with Crippen LogP contribution in [0.2, 0.25) is 0 Å². The molecule has 5 heteroatoms. The first-order valence-electron chi connectivity index (χ1n) is 7.24. The number of nitrogens with zero attached hydrogens (tertiary/aromatic N) is 1. The number of rotatable bonds is 7. The molecule has 0 bridgehead atoms. The van der Waals surface area contributed by atoms with E-state index in [4.69, 9.17) is 0 Å². The van der Waals surface area contributed by atoms with Crippen molar-refractivity contribution in [3.05, 3.63) is 34.3 Å². The molecule has 0 heterocycles. The molecule has 0 unspecified atom stereocenters. The summed E-state index contributed by atoms with van der Waals surface area (Å²) >= 11 is 3.42. The molecule has 0 aliphatic rings. The fourth-order valence-electron chi connectivity index (χ4n) is 2.02. The summed E-state index contributed by atoms with van der Waals surface area (Å²) in [6, 6.07) is 8.01. The van der Waals surface area contributed by atoms with Gasteiger partial charge < -0.3 is 10.2 Å². The minimum Gasteiger partial charge on any atom is -0.352 e. The summed E-state index contributed by atoms with van der Waals surface area (Å²) in [6.45, 7) is 6.38. The third-order valence-electron chi connectivity index (χ3n) is 3.04. The Labute approximate surface area is 135 Å². The number of aryl methyl sites for hydroxylation is 1. The fourth-order valence-corrected chi connectivity index (χ4v) is 2.47. The van der Waals surface area contributed by atoms with E-state index >= 15 is 0 Å². The molecule has 0 aliphatic heterocycles. The van der Waals surface area contributed by atoms with Crippen LogP contribution in [0, 0.1) is 0 Å². The van der Waals surface area contributed by atoms with Gasteiger partial charge in [-0.3, -0.25) is 9.59 Å². The van der Waals surface area contributed by atoms with Gasteiger partial charge in [-0.15, -0.1) is 0 Å². The van der Waals surface area contributed by atoms with E-state index < -0.39 is 0 Å². The van der Waals surface area contributed by atoms with E-state index in [1.165, 1.54) is 0 Å². The number of halogens is 1. The highest BCUT2D eigenvalue weighted by Gasteiger charge is 2.15. The van der Waals surface area contributed by atoms with Crippen LogP contribution >= 0.6 is 15.9 Å². The Morgan fingerprint density at radius 2 is 2.05 bits per heavy atom. The number of likely N-dealkylation sites (N-methyl/N-ethyl adjacent to an activating group) is 1. The van der Waals surface area contributed by atoms with Crippen LogP contribution in [-0.4, -0.2) is 35.8 Å². The molecule has 0 radical (unpaired) electrons. The van der Waals surface area contributed by atoms with Crippen LogP contribution in [-0.2, 0) is 16.0 Å². The maximum absolute atomic E-state index is 12.2. The lowest BCUT2D eigenvalue weighted by atomic mass is 10.1. The van der Waals surface area contributed by atoms with Gasteiger partial charge in [-0.2, -0.15) is 0 Å². The van der Waals surface area contributed by atoms with Crippen LogP contribution in [0.25, 0.3) is 0 Å². The summed E-state index contributed by atoms with van der Waals surface area (Å²) in [5, 5.41) is 2.80. The van der Waals surface area contributed by atoms with Crippen molar-refractivity contribution in [1.29, 1.82) is 0 Å². The summed E-state index contributed by atoms with van der Waals surface area (Å²) < 4.78 is 1.01. The van der Waals surface area contributed by atoms with E-state index in [2.05, 4.69) is 21.2 Å². The first kappa shape index (κ1) is 17.7. The Kier molecular flexibility index (Phi) is 7.43. The maximum Gasteiger partial charge on any atom is 0.239 e. The molecule has 0 fully saturated rings. The largest absolute Gasteiger partial charge is 0.352 e. The highest BCUT2D eigenvalue weighted by Crippen LogP contribution is 2.13. The SMILES string of the molecule is CCN(CC(=O)NC(C)C)C(=O)CCc1cccc(Br)c1. The quantitative estimate of drug-likeness (QED) is 0.818. The predicted octanol–water partition coefficient (Wildman–Crippen LogP) is 2.75. The van der Waals surface area contributed by atoms with Crippen molar-refractivity contribution < 1.29 is 9.59 Å². The zero-order chi connectivity index (χ0) is 15.8. The monoisotopic (exact) mass is 354 g/mol. The molecule has 0 saturated carbocycles. The second kappa shape index (κ2) is 8.82. The minimum atomic E-state index is -0.109. The Balaban J connectivity index is 2.49. The van der Waals surface area contributed by atoms with Crippen LogP contribution in [0.3, 0.4) is 0 Å². The Hall–Kier alpha value is -1.36. The zero-order valence-corrected chi connectivity index (χ0v) is 14.4. The average molecular weight is 355 g/mol. The number of amides is 2. The van der Waals surface area contributed by atoms with Crippen molar-refractivity contribution in [3.8, 4) is 0 Å². The zero-order valence-electron chi connectivity index (χ0n) is 12.9. The Morgan fingerprint density at radius 3 is 2.62 bits per heavy atom. The molecule has 0 spiro atoms. The maximum atomic E-state index is 12.2. The molecule has 1 aromatic carbocycles. The molecule has 0 aromatic heterocycles. The summed E-state index contributed by atoms with van der Waals surface area (Å²) in [7, 11) is 0. The first-order valence-corrected chi connectivity index (χ1v) is 8.03. The Bertz CT molecular complexity index is 489. The molecule has 21 heavy (non-hydrogen) atoms. The number of nitrogens with one attached hydrogen (secondary N) is 1. The molecule has 1 rings (SSSR count). The topological polar surface area (TPSA) is 49.4 Å². The lowest BCUT2D eigenvalue weighted by Gasteiger charge is -2.21.